The number of carbonyl (C=O) groups is 1. The third-order valence-electron chi connectivity index (χ3n) is 3.24. The molecule has 0 saturated heterocycles. The fourth-order valence-corrected chi connectivity index (χ4v) is 3.05. The molecule has 3 nitrogen and oxygen atoms in total. The summed E-state index contributed by atoms with van der Waals surface area (Å²) in [6.45, 7) is 0.708. The van der Waals surface area contributed by atoms with Crippen molar-refractivity contribution >= 4 is 17.2 Å². The third-order valence-corrected chi connectivity index (χ3v) is 4.10. The van der Waals surface area contributed by atoms with Gasteiger partial charge < -0.3 is 10.6 Å². The monoisotopic (exact) mass is 238 g/mol. The largest absolute Gasteiger partial charge is 0.340 e. The fourth-order valence-electron chi connectivity index (χ4n) is 2.29. The zero-order valence-electron chi connectivity index (χ0n) is 9.56. The Morgan fingerprint density at radius 1 is 1.62 bits per heavy atom. The summed E-state index contributed by atoms with van der Waals surface area (Å²) >= 11 is 1.69. The molecule has 1 aliphatic rings. The van der Waals surface area contributed by atoms with Gasteiger partial charge in [-0.15, -0.1) is 11.3 Å². The summed E-state index contributed by atoms with van der Waals surface area (Å²) < 4.78 is 0. The van der Waals surface area contributed by atoms with Gasteiger partial charge in [-0.2, -0.15) is 0 Å². The zero-order valence-corrected chi connectivity index (χ0v) is 10.4. The van der Waals surface area contributed by atoms with Gasteiger partial charge in [0.05, 0.1) is 12.5 Å². The second-order valence-corrected chi connectivity index (χ2v) is 5.51. The van der Waals surface area contributed by atoms with Crippen molar-refractivity contribution in [2.24, 2.45) is 11.7 Å². The van der Waals surface area contributed by atoms with Crippen molar-refractivity contribution in [1.29, 1.82) is 0 Å². The molecule has 1 heterocycles. The van der Waals surface area contributed by atoms with Crippen LogP contribution in [0.25, 0.3) is 0 Å². The molecule has 0 radical (unpaired) electrons. The van der Waals surface area contributed by atoms with E-state index in [0.29, 0.717) is 6.54 Å². The highest BCUT2D eigenvalue weighted by Gasteiger charge is 2.32. The Hall–Kier alpha value is -0.870. The van der Waals surface area contributed by atoms with E-state index < -0.39 is 0 Å². The van der Waals surface area contributed by atoms with Crippen molar-refractivity contribution in [3.63, 3.8) is 0 Å². The molecule has 1 saturated carbocycles. The van der Waals surface area contributed by atoms with E-state index in [1.165, 1.54) is 4.88 Å². The van der Waals surface area contributed by atoms with Crippen LogP contribution in [-0.4, -0.2) is 23.9 Å². The molecule has 1 fully saturated rings. The lowest BCUT2D eigenvalue weighted by Gasteiger charge is -2.22. The van der Waals surface area contributed by atoms with Gasteiger partial charge in [0, 0.05) is 18.0 Å². The van der Waals surface area contributed by atoms with Crippen molar-refractivity contribution in [2.75, 3.05) is 7.05 Å². The summed E-state index contributed by atoms with van der Waals surface area (Å²) in [5.74, 6) is 0.253. The lowest BCUT2D eigenvalue weighted by molar-refractivity contribution is -0.134. The Morgan fingerprint density at radius 3 is 3.00 bits per heavy atom. The molecule has 1 amide bonds. The van der Waals surface area contributed by atoms with Crippen LogP contribution < -0.4 is 5.73 Å². The normalized spacial score (nSPS) is 24.6. The quantitative estimate of drug-likeness (QED) is 0.873. The first-order valence-electron chi connectivity index (χ1n) is 5.71. The van der Waals surface area contributed by atoms with E-state index in [1.54, 1.807) is 11.3 Å². The maximum absolute atomic E-state index is 12.1. The standard InChI is InChI=1S/C12H18N2OS/c1-14(8-9-4-3-7-16-9)12(15)10-5-2-6-11(10)13/h3-4,7,10-11H,2,5-6,8,13H2,1H3. The van der Waals surface area contributed by atoms with E-state index in [1.807, 2.05) is 23.4 Å². The van der Waals surface area contributed by atoms with Gasteiger partial charge in [0.25, 0.3) is 0 Å². The molecule has 2 atom stereocenters. The summed E-state index contributed by atoms with van der Waals surface area (Å²) in [7, 11) is 1.87. The highest BCUT2D eigenvalue weighted by Crippen LogP contribution is 2.26. The Kier molecular flexibility index (Phi) is 3.61. The van der Waals surface area contributed by atoms with Gasteiger partial charge in [-0.05, 0) is 24.3 Å². The Morgan fingerprint density at radius 2 is 2.44 bits per heavy atom. The molecule has 1 aromatic rings. The maximum Gasteiger partial charge on any atom is 0.227 e. The molecule has 2 N–H and O–H groups in total. The number of nitrogens with two attached hydrogens (primary N) is 1. The molecule has 2 unspecified atom stereocenters. The molecule has 88 valence electrons. The molecule has 2 rings (SSSR count). The first-order chi connectivity index (χ1) is 7.68. The Bertz CT molecular complexity index is 350. The van der Waals surface area contributed by atoms with Crippen LogP contribution in [0, 0.1) is 5.92 Å². The van der Waals surface area contributed by atoms with Gasteiger partial charge in [0.1, 0.15) is 0 Å². The van der Waals surface area contributed by atoms with Gasteiger partial charge in [0.15, 0.2) is 0 Å². The SMILES string of the molecule is CN(Cc1cccs1)C(=O)C1CCCC1N. The zero-order chi connectivity index (χ0) is 11.5. The Labute approximate surface area is 100 Å². The predicted molar refractivity (Wildman–Crippen MR) is 66.1 cm³/mol. The number of nitrogens with zero attached hydrogens (tertiary/aromatic N) is 1. The van der Waals surface area contributed by atoms with Gasteiger partial charge in [-0.25, -0.2) is 0 Å². The highest BCUT2D eigenvalue weighted by molar-refractivity contribution is 7.09. The van der Waals surface area contributed by atoms with Gasteiger partial charge in [-0.1, -0.05) is 12.5 Å². The number of amides is 1. The minimum atomic E-state index is 0.0463. The lowest BCUT2D eigenvalue weighted by Crippen LogP contribution is -2.39. The summed E-state index contributed by atoms with van der Waals surface area (Å²) in [4.78, 5) is 15.2. The molecule has 0 bridgehead atoms. The summed E-state index contributed by atoms with van der Waals surface area (Å²) in [5, 5.41) is 2.04. The molecule has 1 aromatic heterocycles. The molecular weight excluding hydrogens is 220 g/mol. The first-order valence-corrected chi connectivity index (χ1v) is 6.59. The molecular formula is C12H18N2OS. The van der Waals surface area contributed by atoms with E-state index in [0.717, 1.165) is 19.3 Å². The van der Waals surface area contributed by atoms with E-state index >= 15 is 0 Å². The molecule has 0 aromatic carbocycles. The summed E-state index contributed by atoms with van der Waals surface area (Å²) in [6, 6.07) is 4.14. The van der Waals surface area contributed by atoms with Crippen molar-refractivity contribution in [2.45, 2.75) is 31.8 Å². The second-order valence-electron chi connectivity index (χ2n) is 4.47. The number of hydrogen-bond donors (Lipinski definition) is 1. The van der Waals surface area contributed by atoms with Crippen LogP contribution in [0.5, 0.6) is 0 Å². The van der Waals surface area contributed by atoms with Crippen LogP contribution in [0.4, 0.5) is 0 Å². The number of hydrogen-bond acceptors (Lipinski definition) is 3. The van der Waals surface area contributed by atoms with Gasteiger partial charge in [-0.3, -0.25) is 4.79 Å². The van der Waals surface area contributed by atoms with Gasteiger partial charge in [0.2, 0.25) is 5.91 Å². The van der Waals surface area contributed by atoms with E-state index in [4.69, 9.17) is 5.73 Å². The molecule has 0 aliphatic heterocycles. The summed E-state index contributed by atoms with van der Waals surface area (Å²) in [5.41, 5.74) is 5.95. The number of thiophene rings is 1. The minimum Gasteiger partial charge on any atom is -0.340 e. The van der Waals surface area contributed by atoms with Crippen LogP contribution in [0.1, 0.15) is 24.1 Å². The molecule has 1 aliphatic carbocycles. The molecule has 0 spiro atoms. The number of carbonyl (C=O) groups excluding carboxylic acids is 1. The lowest BCUT2D eigenvalue weighted by atomic mass is 10.0. The van der Waals surface area contributed by atoms with Crippen molar-refractivity contribution in [1.82, 2.24) is 4.90 Å². The van der Waals surface area contributed by atoms with Crippen LogP contribution in [0.2, 0.25) is 0 Å². The average Bonchev–Trinajstić information content (AvgIpc) is 2.88. The first kappa shape index (κ1) is 11.6. The van der Waals surface area contributed by atoms with E-state index in [-0.39, 0.29) is 17.9 Å². The van der Waals surface area contributed by atoms with Crippen molar-refractivity contribution in [3.8, 4) is 0 Å². The van der Waals surface area contributed by atoms with Gasteiger partial charge >= 0.3 is 0 Å². The van der Waals surface area contributed by atoms with Crippen LogP contribution in [0.15, 0.2) is 17.5 Å². The van der Waals surface area contributed by atoms with Crippen LogP contribution in [-0.2, 0) is 11.3 Å². The number of rotatable bonds is 3. The van der Waals surface area contributed by atoms with E-state index in [2.05, 4.69) is 6.07 Å². The van der Waals surface area contributed by atoms with E-state index in [9.17, 15) is 4.79 Å². The van der Waals surface area contributed by atoms with Crippen molar-refractivity contribution in [3.05, 3.63) is 22.4 Å². The fraction of sp³-hybridized carbons (Fsp3) is 0.583. The van der Waals surface area contributed by atoms with Crippen molar-refractivity contribution < 1.29 is 4.79 Å². The summed E-state index contributed by atoms with van der Waals surface area (Å²) in [6.07, 6.45) is 3.03. The van der Waals surface area contributed by atoms with Crippen LogP contribution >= 0.6 is 11.3 Å². The average molecular weight is 238 g/mol. The van der Waals surface area contributed by atoms with Crippen LogP contribution in [0.3, 0.4) is 0 Å². The topological polar surface area (TPSA) is 46.3 Å². The third kappa shape index (κ3) is 2.44. The maximum atomic E-state index is 12.1. The molecule has 4 heteroatoms. The minimum absolute atomic E-state index is 0.0463. The second kappa shape index (κ2) is 4.97. The predicted octanol–water partition coefficient (Wildman–Crippen LogP) is 1.83. The Balaban J connectivity index is 1.94. The highest BCUT2D eigenvalue weighted by atomic mass is 32.1. The molecule has 16 heavy (non-hydrogen) atoms. The smallest absolute Gasteiger partial charge is 0.227 e.